The second-order valence-electron chi connectivity index (χ2n) is 7.13. The molecular weight excluding hydrogens is 402 g/mol. The third-order valence-electron chi connectivity index (χ3n) is 4.70. The predicted octanol–water partition coefficient (Wildman–Crippen LogP) is 6.73. The highest BCUT2D eigenvalue weighted by molar-refractivity contribution is 7.11. The smallest absolute Gasteiger partial charge is 0.134 e. The van der Waals surface area contributed by atoms with E-state index in [1.165, 1.54) is 11.3 Å². The van der Waals surface area contributed by atoms with Crippen LogP contribution < -0.4 is 9.64 Å². The summed E-state index contributed by atoms with van der Waals surface area (Å²) in [4.78, 5) is 6.73. The van der Waals surface area contributed by atoms with E-state index in [-0.39, 0.29) is 0 Å². The minimum atomic E-state index is 0.554. The molecule has 0 saturated heterocycles. The molecule has 1 aromatic heterocycles. The number of ether oxygens (including phenoxy) is 1. The zero-order valence-corrected chi connectivity index (χ0v) is 18.1. The van der Waals surface area contributed by atoms with Crippen LogP contribution in [0.25, 0.3) is 22.9 Å². The molecule has 0 aliphatic rings. The average Bonchev–Trinajstić information content (AvgIpc) is 3.29. The van der Waals surface area contributed by atoms with Crippen molar-refractivity contribution in [2.75, 3.05) is 19.0 Å². The average molecular weight is 424 g/mol. The number of hydrogen-bond acceptors (Lipinski definition) is 5. The van der Waals surface area contributed by atoms with Crippen molar-refractivity contribution in [3.05, 3.63) is 94.8 Å². The summed E-state index contributed by atoms with van der Waals surface area (Å²) in [6, 6.07) is 27.9. The molecule has 0 aliphatic heterocycles. The number of anilines is 1. The lowest BCUT2D eigenvalue weighted by molar-refractivity contribution is 0.483. The van der Waals surface area contributed by atoms with Crippen LogP contribution in [0.1, 0.15) is 10.6 Å². The summed E-state index contributed by atoms with van der Waals surface area (Å²) in [6.07, 6.45) is 1.87. The minimum Gasteiger partial charge on any atom is -0.457 e. The molecule has 0 N–H and O–H groups in total. The summed E-state index contributed by atoms with van der Waals surface area (Å²) in [5, 5.41) is 12.3. The maximum atomic E-state index is 9.66. The number of hydrogen-bond donors (Lipinski definition) is 0. The van der Waals surface area contributed by atoms with Crippen LogP contribution in [0.2, 0.25) is 0 Å². The van der Waals surface area contributed by atoms with E-state index in [2.05, 4.69) is 11.1 Å². The Labute approximate surface area is 186 Å². The van der Waals surface area contributed by atoms with Crippen LogP contribution in [0.15, 0.2) is 84.2 Å². The van der Waals surface area contributed by atoms with Gasteiger partial charge in [-0.15, -0.1) is 11.3 Å². The Balaban J connectivity index is 1.52. The van der Waals surface area contributed by atoms with Gasteiger partial charge in [0.25, 0.3) is 0 Å². The van der Waals surface area contributed by atoms with Gasteiger partial charge in [-0.1, -0.05) is 30.3 Å². The molecule has 0 unspecified atom stereocenters. The normalized spacial score (nSPS) is 11.1. The largest absolute Gasteiger partial charge is 0.457 e. The quantitative estimate of drug-likeness (QED) is 0.323. The van der Waals surface area contributed by atoms with Crippen LogP contribution in [0, 0.1) is 11.3 Å². The van der Waals surface area contributed by atoms with Gasteiger partial charge in [0.05, 0.1) is 11.3 Å². The molecule has 0 aliphatic carbocycles. The second-order valence-corrected chi connectivity index (χ2v) is 7.99. The summed E-state index contributed by atoms with van der Waals surface area (Å²) >= 11 is 1.47. The van der Waals surface area contributed by atoms with E-state index in [1.807, 2.05) is 109 Å². The SMILES string of the molecule is CN(C)c1ccc(/C=C(/C#N)c2nc(-c3ccc(Oc4ccccc4)cc3)cs2)cc1. The molecule has 4 rings (SSSR count). The molecule has 31 heavy (non-hydrogen) atoms. The lowest BCUT2D eigenvalue weighted by atomic mass is 10.1. The van der Waals surface area contributed by atoms with Gasteiger partial charge in [-0.3, -0.25) is 0 Å². The van der Waals surface area contributed by atoms with Gasteiger partial charge in [-0.05, 0) is 60.2 Å². The molecule has 0 atom stereocenters. The number of nitriles is 1. The molecule has 0 amide bonds. The minimum absolute atomic E-state index is 0.554. The van der Waals surface area contributed by atoms with Crippen molar-refractivity contribution >= 4 is 28.7 Å². The van der Waals surface area contributed by atoms with Crippen LogP contribution >= 0.6 is 11.3 Å². The zero-order valence-electron chi connectivity index (χ0n) is 17.3. The van der Waals surface area contributed by atoms with E-state index in [0.29, 0.717) is 10.6 Å². The summed E-state index contributed by atoms with van der Waals surface area (Å²) in [5.74, 6) is 1.57. The lowest BCUT2D eigenvalue weighted by Crippen LogP contribution is -2.07. The highest BCUT2D eigenvalue weighted by Gasteiger charge is 2.10. The molecular formula is C26H21N3OS. The van der Waals surface area contributed by atoms with E-state index >= 15 is 0 Å². The van der Waals surface area contributed by atoms with Gasteiger partial charge in [0.15, 0.2) is 0 Å². The number of rotatable bonds is 6. The molecule has 5 heteroatoms. The first-order valence-corrected chi connectivity index (χ1v) is 10.7. The van der Waals surface area contributed by atoms with Crippen LogP contribution in [-0.2, 0) is 0 Å². The molecule has 0 fully saturated rings. The maximum Gasteiger partial charge on any atom is 0.134 e. The highest BCUT2D eigenvalue weighted by Crippen LogP contribution is 2.29. The van der Waals surface area contributed by atoms with Crippen LogP contribution in [-0.4, -0.2) is 19.1 Å². The molecule has 3 aromatic carbocycles. The summed E-state index contributed by atoms with van der Waals surface area (Å²) in [7, 11) is 4.01. The first-order valence-electron chi connectivity index (χ1n) is 9.81. The third kappa shape index (κ3) is 5.00. The van der Waals surface area contributed by atoms with Gasteiger partial charge in [-0.2, -0.15) is 5.26 Å². The van der Waals surface area contributed by atoms with Gasteiger partial charge < -0.3 is 9.64 Å². The Kier molecular flexibility index (Phi) is 6.11. The third-order valence-corrected chi connectivity index (χ3v) is 5.58. The van der Waals surface area contributed by atoms with Crippen molar-refractivity contribution in [1.82, 2.24) is 4.98 Å². The number of benzene rings is 3. The van der Waals surface area contributed by atoms with Crippen LogP contribution in [0.5, 0.6) is 11.5 Å². The fourth-order valence-electron chi connectivity index (χ4n) is 3.03. The second kappa shape index (κ2) is 9.29. The molecule has 152 valence electrons. The number of allylic oxidation sites excluding steroid dienone is 1. The molecule has 4 nitrogen and oxygen atoms in total. The van der Waals surface area contributed by atoms with Crippen LogP contribution in [0.4, 0.5) is 5.69 Å². The number of nitrogens with zero attached hydrogens (tertiary/aromatic N) is 3. The Bertz CT molecular complexity index is 1220. The van der Waals surface area contributed by atoms with Gasteiger partial charge >= 0.3 is 0 Å². The van der Waals surface area contributed by atoms with Crippen molar-refractivity contribution in [2.45, 2.75) is 0 Å². The monoisotopic (exact) mass is 423 g/mol. The van der Waals surface area contributed by atoms with Crippen molar-refractivity contribution in [2.24, 2.45) is 0 Å². The molecule has 0 spiro atoms. The standard InChI is InChI=1S/C26H21N3OS/c1-29(2)22-12-8-19(9-13-22)16-21(17-27)26-28-25(18-31-26)20-10-14-24(15-11-20)30-23-6-4-3-5-7-23/h3-16,18H,1-2H3/b21-16-. The van der Waals surface area contributed by atoms with E-state index in [4.69, 9.17) is 4.74 Å². The molecule has 1 heterocycles. The summed E-state index contributed by atoms with van der Waals surface area (Å²) < 4.78 is 5.85. The fraction of sp³-hybridized carbons (Fsp3) is 0.0769. The first-order chi connectivity index (χ1) is 15.1. The number of aromatic nitrogens is 1. The predicted molar refractivity (Wildman–Crippen MR) is 128 cm³/mol. The fourth-order valence-corrected chi connectivity index (χ4v) is 3.82. The number of thiazole rings is 1. The summed E-state index contributed by atoms with van der Waals surface area (Å²) in [5.41, 5.74) is 4.47. The van der Waals surface area contributed by atoms with Crippen molar-refractivity contribution < 1.29 is 4.74 Å². The molecule has 0 radical (unpaired) electrons. The van der Waals surface area contributed by atoms with Gasteiger partial charge in [-0.25, -0.2) is 4.98 Å². The van der Waals surface area contributed by atoms with Crippen LogP contribution in [0.3, 0.4) is 0 Å². The highest BCUT2D eigenvalue weighted by atomic mass is 32.1. The summed E-state index contributed by atoms with van der Waals surface area (Å²) in [6.45, 7) is 0. The van der Waals surface area contributed by atoms with E-state index < -0.39 is 0 Å². The maximum absolute atomic E-state index is 9.66. The Morgan fingerprint density at radius 3 is 2.26 bits per heavy atom. The Morgan fingerprint density at radius 1 is 0.935 bits per heavy atom. The Morgan fingerprint density at radius 2 is 1.61 bits per heavy atom. The lowest BCUT2D eigenvalue weighted by Gasteiger charge is -2.11. The topological polar surface area (TPSA) is 49.2 Å². The van der Waals surface area contributed by atoms with Crippen molar-refractivity contribution in [3.8, 4) is 28.8 Å². The molecule has 0 bridgehead atoms. The molecule has 0 saturated carbocycles. The van der Waals surface area contributed by atoms with Gasteiger partial charge in [0, 0.05) is 30.7 Å². The molecule has 4 aromatic rings. The number of para-hydroxylation sites is 1. The Hall–Kier alpha value is -3.88. The van der Waals surface area contributed by atoms with E-state index in [1.54, 1.807) is 0 Å². The van der Waals surface area contributed by atoms with Gasteiger partial charge in [0.1, 0.15) is 22.6 Å². The first kappa shape index (κ1) is 20.4. The van der Waals surface area contributed by atoms with Crippen molar-refractivity contribution in [3.63, 3.8) is 0 Å². The van der Waals surface area contributed by atoms with Gasteiger partial charge in [0.2, 0.25) is 0 Å². The van der Waals surface area contributed by atoms with E-state index in [9.17, 15) is 5.26 Å². The zero-order chi connectivity index (χ0) is 21.6. The van der Waals surface area contributed by atoms with E-state index in [0.717, 1.165) is 34.0 Å². The van der Waals surface area contributed by atoms with Crippen molar-refractivity contribution in [1.29, 1.82) is 5.26 Å².